The van der Waals surface area contributed by atoms with Crippen LogP contribution in [-0.2, 0) is 4.74 Å². The minimum Gasteiger partial charge on any atom is -0.508 e. The Bertz CT molecular complexity index is 1450. The van der Waals surface area contributed by atoms with Crippen molar-refractivity contribution in [2.24, 2.45) is 5.10 Å². The van der Waals surface area contributed by atoms with Crippen LogP contribution in [0.4, 0.5) is 27.5 Å². The van der Waals surface area contributed by atoms with Gasteiger partial charge in [-0.3, -0.25) is 0 Å². The number of hydrogen-bond acceptors (Lipinski definition) is 9. The molecule has 1 saturated heterocycles. The molecule has 2 aromatic carbocycles. The van der Waals surface area contributed by atoms with Crippen LogP contribution >= 0.6 is 0 Å². The minimum atomic E-state index is -0.484. The van der Waals surface area contributed by atoms with E-state index >= 15 is 0 Å². The molecule has 0 radical (unpaired) electrons. The van der Waals surface area contributed by atoms with Crippen LogP contribution in [0.15, 0.2) is 72.0 Å². The van der Waals surface area contributed by atoms with E-state index in [0.717, 1.165) is 34.4 Å². The molecule has 1 atom stereocenters. The van der Waals surface area contributed by atoms with Gasteiger partial charge in [0.25, 0.3) is 0 Å². The second-order valence-corrected chi connectivity index (χ2v) is 8.97. The summed E-state index contributed by atoms with van der Waals surface area (Å²) in [6.07, 6.45) is 2.70. The molecular formula is C28H28FN7O2. The van der Waals surface area contributed by atoms with E-state index in [2.05, 4.69) is 30.8 Å². The zero-order valence-electron chi connectivity index (χ0n) is 21.1. The molecule has 0 amide bonds. The fourth-order valence-corrected chi connectivity index (χ4v) is 4.18. The van der Waals surface area contributed by atoms with Crippen LogP contribution in [0.1, 0.15) is 18.3 Å². The number of nitrogens with zero attached hydrogens (tertiary/aromatic N) is 5. The first kappa shape index (κ1) is 25.1. The number of hydrogen-bond donors (Lipinski definition) is 3. The molecule has 1 aliphatic rings. The summed E-state index contributed by atoms with van der Waals surface area (Å²) in [5.41, 5.74) is 7.95. The maximum atomic E-state index is 14.4. The number of nitrogens with one attached hydrogen (secondary N) is 2. The van der Waals surface area contributed by atoms with Gasteiger partial charge in [-0.25, -0.2) is 19.8 Å². The van der Waals surface area contributed by atoms with E-state index in [4.69, 9.17) is 4.74 Å². The normalized spacial score (nSPS) is 15.6. The molecule has 3 N–H and O–H groups in total. The summed E-state index contributed by atoms with van der Waals surface area (Å²) in [6, 6.07) is 18.9. The Morgan fingerprint density at radius 2 is 1.95 bits per heavy atom. The molecule has 10 heteroatoms. The van der Waals surface area contributed by atoms with Crippen LogP contribution in [0, 0.1) is 12.7 Å². The third-order valence-electron chi connectivity index (χ3n) is 6.18. The Balaban J connectivity index is 1.22. The quantitative estimate of drug-likeness (QED) is 0.231. The Hall–Kier alpha value is -4.57. The number of aromatic hydroxyl groups is 1. The fraction of sp³-hybridized carbons (Fsp3) is 0.214. The molecule has 1 aliphatic heterocycles. The first-order valence-corrected chi connectivity index (χ1v) is 12.3. The van der Waals surface area contributed by atoms with Crippen molar-refractivity contribution in [3.63, 3.8) is 0 Å². The zero-order valence-corrected chi connectivity index (χ0v) is 21.1. The molecule has 4 aromatic rings. The van der Waals surface area contributed by atoms with Crippen molar-refractivity contribution in [2.45, 2.75) is 19.9 Å². The number of pyridine rings is 1. The maximum absolute atomic E-state index is 14.4. The number of rotatable bonds is 7. The van der Waals surface area contributed by atoms with Crippen LogP contribution in [-0.4, -0.2) is 52.1 Å². The highest BCUT2D eigenvalue weighted by atomic mass is 19.1. The van der Waals surface area contributed by atoms with Gasteiger partial charge in [-0.2, -0.15) is 10.1 Å². The standard InChI is InChI=1S/C28H28FN7O2/c1-18-17-38-13-12-36(18)27-25(29)16-30-28(34-27)35-31-15-23-10-11-26(19(2)32-23)33-22-8-6-20(7-9-22)21-4-3-5-24(37)14-21/h3-11,14-16,18,33,37H,12-13,17H2,1-2H3,(H,30,34,35)/b31-15+. The van der Waals surface area contributed by atoms with Crippen molar-refractivity contribution in [1.82, 2.24) is 15.0 Å². The van der Waals surface area contributed by atoms with E-state index in [-0.39, 0.29) is 23.6 Å². The summed E-state index contributed by atoms with van der Waals surface area (Å²) >= 11 is 0. The van der Waals surface area contributed by atoms with Gasteiger partial charge in [0.2, 0.25) is 5.95 Å². The lowest BCUT2D eigenvalue weighted by atomic mass is 10.1. The van der Waals surface area contributed by atoms with Crippen LogP contribution in [0.2, 0.25) is 0 Å². The SMILES string of the molecule is Cc1nc(/C=N/Nc2ncc(F)c(N3CCOCC3C)n2)ccc1Nc1ccc(-c2cccc(O)c2)cc1. The van der Waals surface area contributed by atoms with Gasteiger partial charge >= 0.3 is 0 Å². The first-order chi connectivity index (χ1) is 18.5. The maximum Gasteiger partial charge on any atom is 0.245 e. The predicted molar refractivity (Wildman–Crippen MR) is 147 cm³/mol. The summed E-state index contributed by atoms with van der Waals surface area (Å²) in [6.45, 7) is 5.47. The van der Waals surface area contributed by atoms with Gasteiger partial charge in [-0.05, 0) is 61.4 Å². The number of benzene rings is 2. The zero-order chi connectivity index (χ0) is 26.5. The lowest BCUT2D eigenvalue weighted by molar-refractivity contribution is 0.0981. The molecule has 2 aromatic heterocycles. The molecule has 1 fully saturated rings. The van der Waals surface area contributed by atoms with Crippen LogP contribution in [0.5, 0.6) is 5.75 Å². The molecule has 5 rings (SSSR count). The molecule has 38 heavy (non-hydrogen) atoms. The van der Waals surface area contributed by atoms with Crippen molar-refractivity contribution in [3.8, 4) is 16.9 Å². The van der Waals surface area contributed by atoms with Crippen LogP contribution < -0.4 is 15.6 Å². The average Bonchev–Trinajstić information content (AvgIpc) is 2.92. The van der Waals surface area contributed by atoms with Crippen molar-refractivity contribution < 1.29 is 14.2 Å². The van der Waals surface area contributed by atoms with Crippen LogP contribution in [0.3, 0.4) is 0 Å². The lowest BCUT2D eigenvalue weighted by Crippen LogP contribution is -2.44. The highest BCUT2D eigenvalue weighted by Gasteiger charge is 2.23. The highest BCUT2D eigenvalue weighted by Crippen LogP contribution is 2.26. The molecule has 0 spiro atoms. The van der Waals surface area contributed by atoms with Crippen molar-refractivity contribution in [2.75, 3.05) is 35.4 Å². The highest BCUT2D eigenvalue weighted by molar-refractivity contribution is 5.79. The first-order valence-electron chi connectivity index (χ1n) is 12.3. The van der Waals surface area contributed by atoms with Gasteiger partial charge in [-0.1, -0.05) is 24.3 Å². The van der Waals surface area contributed by atoms with Gasteiger partial charge < -0.3 is 20.1 Å². The number of phenols is 1. The van der Waals surface area contributed by atoms with Gasteiger partial charge in [-0.15, -0.1) is 0 Å². The molecule has 0 saturated carbocycles. The topological polar surface area (TPSA) is 108 Å². The number of hydrazone groups is 1. The number of anilines is 4. The number of aryl methyl sites for hydroxylation is 1. The summed E-state index contributed by atoms with van der Waals surface area (Å²) in [4.78, 5) is 14.7. The van der Waals surface area contributed by atoms with Crippen LogP contribution in [0.25, 0.3) is 11.1 Å². The minimum absolute atomic E-state index is 0.0140. The smallest absolute Gasteiger partial charge is 0.245 e. The van der Waals surface area contributed by atoms with E-state index < -0.39 is 5.82 Å². The number of ether oxygens (including phenoxy) is 1. The number of aromatic nitrogens is 3. The molecule has 0 aliphatic carbocycles. The number of halogens is 1. The largest absolute Gasteiger partial charge is 0.508 e. The summed E-state index contributed by atoms with van der Waals surface area (Å²) in [7, 11) is 0. The van der Waals surface area contributed by atoms with E-state index in [9.17, 15) is 9.50 Å². The van der Waals surface area contributed by atoms with E-state index in [1.807, 2.05) is 67.3 Å². The van der Waals surface area contributed by atoms with E-state index in [1.54, 1.807) is 18.3 Å². The monoisotopic (exact) mass is 513 g/mol. The number of morpholine rings is 1. The molecular weight excluding hydrogens is 485 g/mol. The van der Waals surface area contributed by atoms with Crippen molar-refractivity contribution in [1.29, 1.82) is 0 Å². The van der Waals surface area contributed by atoms with Gasteiger partial charge in [0.1, 0.15) is 5.75 Å². The molecule has 194 valence electrons. The lowest BCUT2D eigenvalue weighted by Gasteiger charge is -2.34. The van der Waals surface area contributed by atoms with Crippen molar-refractivity contribution >= 4 is 29.4 Å². The Morgan fingerprint density at radius 3 is 2.71 bits per heavy atom. The third kappa shape index (κ3) is 5.87. The third-order valence-corrected chi connectivity index (χ3v) is 6.18. The Morgan fingerprint density at radius 1 is 1.11 bits per heavy atom. The Kier molecular flexibility index (Phi) is 7.41. The second kappa shape index (κ2) is 11.2. The van der Waals surface area contributed by atoms with E-state index in [1.165, 1.54) is 0 Å². The summed E-state index contributed by atoms with van der Waals surface area (Å²) in [5.74, 6) is 0.179. The predicted octanol–water partition coefficient (Wildman–Crippen LogP) is 5.11. The van der Waals surface area contributed by atoms with Gasteiger partial charge in [0.05, 0.1) is 48.7 Å². The Labute approximate surface area is 220 Å². The number of phenolic OH excluding ortho intramolecular Hbond substituents is 1. The summed E-state index contributed by atoms with van der Waals surface area (Å²) < 4.78 is 19.8. The summed E-state index contributed by atoms with van der Waals surface area (Å²) in [5, 5.41) is 17.3. The van der Waals surface area contributed by atoms with E-state index in [0.29, 0.717) is 25.5 Å². The molecule has 3 heterocycles. The molecule has 1 unspecified atom stereocenters. The van der Waals surface area contributed by atoms with Crippen molar-refractivity contribution in [3.05, 3.63) is 84.1 Å². The van der Waals surface area contributed by atoms with Gasteiger partial charge in [0, 0.05) is 12.2 Å². The fourth-order valence-electron chi connectivity index (χ4n) is 4.18. The molecule has 0 bridgehead atoms. The molecule has 9 nitrogen and oxygen atoms in total. The average molecular weight is 514 g/mol. The van der Waals surface area contributed by atoms with Gasteiger partial charge in [0.15, 0.2) is 11.6 Å². The second-order valence-electron chi connectivity index (χ2n) is 8.97.